The first-order valence-electron chi connectivity index (χ1n) is 11.5. The smallest absolute Gasteiger partial charge is 0.355 e. The summed E-state index contributed by atoms with van der Waals surface area (Å²) < 4.78 is 0.695. The van der Waals surface area contributed by atoms with Crippen LogP contribution < -0.4 is 0 Å². The predicted octanol–water partition coefficient (Wildman–Crippen LogP) is 4.90. The number of hydrogen-bond donors (Lipinski definition) is 2. The number of aliphatic hydroxyl groups is 1. The lowest BCUT2D eigenvalue weighted by Crippen LogP contribution is -2.33. The Balaban J connectivity index is 1.32. The quantitative estimate of drug-likeness (QED) is 0.206. The Hall–Kier alpha value is -1.88. The van der Waals surface area contributed by atoms with E-state index in [0.29, 0.717) is 23.1 Å². The van der Waals surface area contributed by atoms with Gasteiger partial charge in [0.15, 0.2) is 10.0 Å². The topological polar surface area (TPSA) is 104 Å². The van der Waals surface area contributed by atoms with Crippen LogP contribution in [0.2, 0.25) is 0 Å². The lowest BCUT2D eigenvalue weighted by Gasteiger charge is -2.22. The fraction of sp³-hybridized carbons (Fsp3) is 0.500. The van der Waals surface area contributed by atoms with Crippen molar-refractivity contribution in [3.63, 3.8) is 0 Å². The molecule has 0 aliphatic carbocycles. The van der Waals surface area contributed by atoms with Crippen LogP contribution >= 0.6 is 34.9 Å². The van der Waals surface area contributed by atoms with Gasteiger partial charge in [0, 0.05) is 29.8 Å². The molecule has 0 spiro atoms. The Kier molecular flexibility index (Phi) is 10.9. The number of thioether (sulfide) groups is 2. The molecule has 0 unspecified atom stereocenters. The molecule has 0 aromatic carbocycles. The van der Waals surface area contributed by atoms with Gasteiger partial charge in [-0.05, 0) is 44.1 Å². The Morgan fingerprint density at radius 1 is 1.26 bits per heavy atom. The maximum atomic E-state index is 12.3. The molecule has 2 atom stereocenters. The van der Waals surface area contributed by atoms with Crippen molar-refractivity contribution < 1.29 is 19.8 Å². The van der Waals surface area contributed by atoms with Crippen LogP contribution in [0.5, 0.6) is 0 Å². The van der Waals surface area contributed by atoms with E-state index >= 15 is 0 Å². The molecular weight excluding hydrogens is 490 g/mol. The first-order valence-corrected chi connectivity index (χ1v) is 14.3. The second kappa shape index (κ2) is 13.9. The average molecular weight is 522 g/mol. The summed E-state index contributed by atoms with van der Waals surface area (Å²) in [5, 5.41) is 21.9. The predicted molar refractivity (Wildman–Crippen MR) is 138 cm³/mol. The van der Waals surface area contributed by atoms with Gasteiger partial charge in [-0.3, -0.25) is 4.79 Å². The number of aromatic carboxylic acids is 1. The number of aromatic nitrogens is 2. The van der Waals surface area contributed by atoms with Gasteiger partial charge in [0.2, 0.25) is 5.91 Å². The molecule has 1 saturated heterocycles. The fourth-order valence-electron chi connectivity index (χ4n) is 3.66. The second-order valence-corrected chi connectivity index (χ2v) is 11.4. The molecule has 1 aliphatic rings. The van der Waals surface area contributed by atoms with Crippen LogP contribution in [-0.2, 0) is 4.79 Å². The maximum absolute atomic E-state index is 12.3. The molecule has 0 bridgehead atoms. The monoisotopic (exact) mass is 521 g/mol. The van der Waals surface area contributed by atoms with Gasteiger partial charge in [-0.2, -0.15) is 0 Å². The van der Waals surface area contributed by atoms with Crippen molar-refractivity contribution in [1.29, 1.82) is 0 Å². The van der Waals surface area contributed by atoms with E-state index < -0.39 is 12.1 Å². The molecule has 7 nitrogen and oxygen atoms in total. The Morgan fingerprint density at radius 3 is 2.88 bits per heavy atom. The van der Waals surface area contributed by atoms with Crippen LogP contribution in [0.1, 0.15) is 54.7 Å². The number of carboxylic acid groups (broad SMARTS) is 1. The third-order valence-electron chi connectivity index (χ3n) is 5.45. The van der Waals surface area contributed by atoms with Crippen molar-refractivity contribution in [2.24, 2.45) is 0 Å². The lowest BCUT2D eigenvalue weighted by atomic mass is 10.1. The number of likely N-dealkylation sites (tertiary alicyclic amines) is 1. The van der Waals surface area contributed by atoms with Gasteiger partial charge in [-0.15, -0.1) is 23.1 Å². The Morgan fingerprint density at radius 2 is 2.12 bits per heavy atom. The van der Waals surface area contributed by atoms with Crippen LogP contribution in [0.3, 0.4) is 0 Å². The molecule has 1 amide bonds. The van der Waals surface area contributed by atoms with Crippen LogP contribution in [0.25, 0.3) is 0 Å². The highest BCUT2D eigenvalue weighted by Gasteiger charge is 2.28. The van der Waals surface area contributed by atoms with Crippen LogP contribution in [-0.4, -0.2) is 67.2 Å². The summed E-state index contributed by atoms with van der Waals surface area (Å²) in [5.74, 6) is 0.773. The van der Waals surface area contributed by atoms with Gasteiger partial charge in [0.25, 0.3) is 0 Å². The number of pyridine rings is 1. The molecule has 3 rings (SSSR count). The van der Waals surface area contributed by atoms with Crippen LogP contribution in [0.4, 0.5) is 0 Å². The van der Waals surface area contributed by atoms with E-state index in [4.69, 9.17) is 5.11 Å². The van der Waals surface area contributed by atoms with Gasteiger partial charge >= 0.3 is 5.97 Å². The molecule has 2 N–H and O–H groups in total. The number of aliphatic hydroxyl groups excluding tert-OH is 1. The number of nitrogens with zero attached hydrogens (tertiary/aromatic N) is 3. The molecule has 34 heavy (non-hydrogen) atoms. The largest absolute Gasteiger partial charge is 0.476 e. The van der Waals surface area contributed by atoms with Crippen LogP contribution in [0.15, 0.2) is 45.1 Å². The zero-order valence-corrected chi connectivity index (χ0v) is 21.7. The van der Waals surface area contributed by atoms with E-state index in [9.17, 15) is 14.7 Å². The number of rotatable bonds is 14. The molecule has 3 heterocycles. The lowest BCUT2D eigenvalue weighted by molar-refractivity contribution is -0.128. The van der Waals surface area contributed by atoms with Crippen LogP contribution in [0, 0.1) is 6.92 Å². The molecule has 0 saturated carbocycles. The average Bonchev–Trinajstić information content (AvgIpc) is 3.42. The third-order valence-corrected chi connectivity index (χ3v) is 8.46. The number of aryl methyl sites for hydroxylation is 1. The van der Waals surface area contributed by atoms with Gasteiger partial charge in [0.05, 0.1) is 17.2 Å². The molecule has 2 aromatic rings. The summed E-state index contributed by atoms with van der Waals surface area (Å²) in [6.07, 6.45) is 8.41. The van der Waals surface area contributed by atoms with Crippen molar-refractivity contribution in [2.45, 2.75) is 67.0 Å². The van der Waals surface area contributed by atoms with Crippen molar-refractivity contribution in [1.82, 2.24) is 14.9 Å². The van der Waals surface area contributed by atoms with E-state index in [1.54, 1.807) is 11.8 Å². The number of hydrogen-bond acceptors (Lipinski definition) is 8. The molecule has 184 valence electrons. The fourth-order valence-corrected chi connectivity index (χ4v) is 6.41. The van der Waals surface area contributed by atoms with Crippen molar-refractivity contribution in [3.8, 4) is 0 Å². The summed E-state index contributed by atoms with van der Waals surface area (Å²) in [5.41, 5.74) is 1.09. The number of carboxylic acids is 1. The van der Waals surface area contributed by atoms with Gasteiger partial charge < -0.3 is 15.1 Å². The van der Waals surface area contributed by atoms with E-state index in [1.807, 2.05) is 42.2 Å². The van der Waals surface area contributed by atoms with Crippen molar-refractivity contribution in [2.75, 3.05) is 18.1 Å². The van der Waals surface area contributed by atoms with Gasteiger partial charge in [0.1, 0.15) is 0 Å². The summed E-state index contributed by atoms with van der Waals surface area (Å²) in [4.78, 5) is 33.6. The number of carbonyl (C=O) groups is 2. The Bertz CT molecular complexity index is 982. The molecule has 1 aliphatic heterocycles. The number of amides is 1. The van der Waals surface area contributed by atoms with Gasteiger partial charge in [-0.25, -0.2) is 14.8 Å². The van der Waals surface area contributed by atoms with E-state index in [2.05, 4.69) is 9.97 Å². The summed E-state index contributed by atoms with van der Waals surface area (Å²) >= 11 is 4.54. The minimum absolute atomic E-state index is 0.00635. The zero-order valence-electron chi connectivity index (χ0n) is 19.3. The molecule has 0 radical (unpaired) electrons. The molecular formula is C24H31N3O4S3. The SMILES string of the molecule is Cc1cccc(SCCCCC[C@H](O)/C=C/[C@H]2CCC(=O)N2CCSc2nc(C(=O)O)cs2)n1. The van der Waals surface area contributed by atoms with E-state index in [0.717, 1.165) is 48.6 Å². The summed E-state index contributed by atoms with van der Waals surface area (Å²) in [6, 6.07) is 6.07. The normalized spacial score (nSPS) is 17.1. The Labute approximate surface area is 213 Å². The molecule has 10 heteroatoms. The highest BCUT2D eigenvalue weighted by atomic mass is 32.2. The maximum Gasteiger partial charge on any atom is 0.355 e. The molecule has 2 aromatic heterocycles. The standard InChI is InChI=1S/C24H31N3O4S3/c1-17-6-5-8-21(25-17)32-14-4-2-3-7-19(28)11-9-18-10-12-22(29)27(18)13-15-33-24-26-20(16-34-24)23(30)31/h5-6,8-9,11,16,18-19,28H,2-4,7,10,12-15H2,1H3,(H,30,31)/b11-9+/t18-,19-/m0/s1. The summed E-state index contributed by atoms with van der Waals surface area (Å²) in [6.45, 7) is 2.57. The second-order valence-electron chi connectivity index (χ2n) is 8.11. The van der Waals surface area contributed by atoms with Crippen molar-refractivity contribution in [3.05, 3.63) is 47.1 Å². The minimum Gasteiger partial charge on any atom is -0.476 e. The highest BCUT2D eigenvalue weighted by molar-refractivity contribution is 8.01. The van der Waals surface area contributed by atoms with E-state index in [-0.39, 0.29) is 17.6 Å². The van der Waals surface area contributed by atoms with Crippen molar-refractivity contribution >= 4 is 46.7 Å². The van der Waals surface area contributed by atoms with Gasteiger partial charge in [-0.1, -0.05) is 42.8 Å². The number of thiazole rings is 1. The van der Waals surface area contributed by atoms with E-state index in [1.165, 1.54) is 28.5 Å². The third kappa shape index (κ3) is 8.72. The summed E-state index contributed by atoms with van der Waals surface area (Å²) in [7, 11) is 0. The first-order chi connectivity index (χ1) is 16.4. The zero-order chi connectivity index (χ0) is 24.3. The minimum atomic E-state index is -1.03. The number of unbranched alkanes of at least 4 members (excludes halogenated alkanes) is 2. The highest BCUT2D eigenvalue weighted by Crippen LogP contribution is 2.25. The molecule has 1 fully saturated rings. The number of carbonyl (C=O) groups excluding carboxylic acids is 1. The first kappa shape index (κ1) is 26.7.